The van der Waals surface area contributed by atoms with E-state index in [1.54, 1.807) is 0 Å². The first-order valence-corrected chi connectivity index (χ1v) is 15.4. The van der Waals surface area contributed by atoms with E-state index in [-0.39, 0.29) is 0 Å². The topological polar surface area (TPSA) is 0 Å². The van der Waals surface area contributed by atoms with Gasteiger partial charge in [-0.15, -0.1) is 11.3 Å². The minimum atomic E-state index is 1.28. The molecule has 0 aliphatic rings. The van der Waals surface area contributed by atoms with Gasteiger partial charge in [-0.1, -0.05) is 115 Å². The van der Waals surface area contributed by atoms with Gasteiger partial charge in [-0.25, -0.2) is 0 Å². The normalized spacial score (nSPS) is 12.4. The van der Waals surface area contributed by atoms with Gasteiger partial charge in [0.05, 0.1) is 0 Å². The van der Waals surface area contributed by atoms with Crippen molar-refractivity contribution in [1.82, 2.24) is 0 Å². The zero-order chi connectivity index (χ0) is 27.5. The van der Waals surface area contributed by atoms with Crippen molar-refractivity contribution in [2.75, 3.05) is 0 Å². The van der Waals surface area contributed by atoms with Crippen molar-refractivity contribution < 1.29 is 0 Å². The predicted octanol–water partition coefficient (Wildman–Crippen LogP) is 12.3. The standard InChI is InChI=1S/C41H24S/c1-23-20-29-12-13-30(31-17-14-28-11-9-26-6-3-7-36-39(26)40(28)41(31)42-36)22-34(29)35(21-23)32-18-15-27-10-8-24-4-2-5-25-16-19-33(32)38(27)37(24)25/h2-22H,1H3. The average Bonchev–Trinajstić information content (AvgIpc) is 3.43. The van der Waals surface area contributed by atoms with Gasteiger partial charge in [0.2, 0.25) is 0 Å². The first kappa shape index (κ1) is 22.7. The lowest BCUT2D eigenvalue weighted by Crippen LogP contribution is -1.90. The van der Waals surface area contributed by atoms with Crippen LogP contribution in [0.25, 0.3) is 96.3 Å². The molecule has 1 aromatic heterocycles. The molecule has 1 heteroatoms. The third kappa shape index (κ3) is 2.96. The van der Waals surface area contributed by atoms with E-state index in [9.17, 15) is 0 Å². The Kier molecular flexibility index (Phi) is 4.35. The lowest BCUT2D eigenvalue weighted by Gasteiger charge is -2.17. The van der Waals surface area contributed by atoms with Crippen molar-refractivity contribution in [3.63, 3.8) is 0 Å². The third-order valence-electron chi connectivity index (χ3n) is 9.38. The number of hydrogen-bond donors (Lipinski definition) is 0. The summed E-state index contributed by atoms with van der Waals surface area (Å²) in [5.41, 5.74) is 6.49. The second-order valence-corrected chi connectivity index (χ2v) is 12.8. The lowest BCUT2D eigenvalue weighted by molar-refractivity contribution is 1.50. The Bertz CT molecular complexity index is 2670. The molecule has 0 fully saturated rings. The number of thiophene rings is 1. The smallest absolute Gasteiger partial charge is 0.0440 e. The Morgan fingerprint density at radius 1 is 0.405 bits per heavy atom. The van der Waals surface area contributed by atoms with E-state index in [2.05, 4.69) is 134 Å². The summed E-state index contributed by atoms with van der Waals surface area (Å²) in [7, 11) is 0. The zero-order valence-electron chi connectivity index (χ0n) is 23.0. The summed E-state index contributed by atoms with van der Waals surface area (Å²) in [4.78, 5) is 0. The van der Waals surface area contributed by atoms with Gasteiger partial charge in [-0.05, 0) is 101 Å². The van der Waals surface area contributed by atoms with Crippen LogP contribution in [0.1, 0.15) is 5.56 Å². The molecule has 0 bridgehead atoms. The summed E-state index contributed by atoms with van der Waals surface area (Å²) in [5.74, 6) is 0. The molecule has 0 aliphatic heterocycles. The van der Waals surface area contributed by atoms with E-state index in [1.165, 1.54) is 102 Å². The van der Waals surface area contributed by atoms with Gasteiger partial charge in [0.25, 0.3) is 0 Å². The van der Waals surface area contributed by atoms with Crippen LogP contribution >= 0.6 is 11.3 Å². The van der Waals surface area contributed by atoms with E-state index >= 15 is 0 Å². The molecule has 0 amide bonds. The largest absolute Gasteiger partial charge is 0.134 e. The van der Waals surface area contributed by atoms with Crippen LogP contribution in [0.4, 0.5) is 0 Å². The molecule has 9 aromatic carbocycles. The molecule has 0 radical (unpaired) electrons. The van der Waals surface area contributed by atoms with Crippen LogP contribution in [0.15, 0.2) is 127 Å². The molecule has 0 saturated carbocycles. The number of aryl methyl sites for hydroxylation is 1. The van der Waals surface area contributed by atoms with Crippen LogP contribution in [-0.2, 0) is 0 Å². The van der Waals surface area contributed by atoms with Crippen molar-refractivity contribution in [3.05, 3.63) is 133 Å². The molecule has 0 atom stereocenters. The third-order valence-corrected chi connectivity index (χ3v) is 10.6. The number of benzene rings is 9. The second kappa shape index (κ2) is 8.06. The highest BCUT2D eigenvalue weighted by atomic mass is 32.1. The highest BCUT2D eigenvalue weighted by molar-refractivity contribution is 7.26. The van der Waals surface area contributed by atoms with Crippen LogP contribution in [-0.4, -0.2) is 0 Å². The summed E-state index contributed by atoms with van der Waals surface area (Å²) in [6.07, 6.45) is 0. The Hall–Kier alpha value is -4.98. The maximum absolute atomic E-state index is 2.43. The molecule has 194 valence electrons. The average molecular weight is 549 g/mol. The highest BCUT2D eigenvalue weighted by Crippen LogP contribution is 2.46. The van der Waals surface area contributed by atoms with Crippen molar-refractivity contribution in [2.24, 2.45) is 0 Å². The molecule has 0 aliphatic carbocycles. The monoisotopic (exact) mass is 548 g/mol. The molecule has 1 heterocycles. The van der Waals surface area contributed by atoms with Crippen LogP contribution in [0.2, 0.25) is 0 Å². The van der Waals surface area contributed by atoms with Gasteiger partial charge >= 0.3 is 0 Å². The molecule has 0 N–H and O–H groups in total. The fourth-order valence-electron chi connectivity index (χ4n) is 7.53. The Morgan fingerprint density at radius 3 is 1.83 bits per heavy atom. The minimum Gasteiger partial charge on any atom is -0.134 e. The van der Waals surface area contributed by atoms with Crippen molar-refractivity contribution in [1.29, 1.82) is 0 Å². The van der Waals surface area contributed by atoms with Gasteiger partial charge in [0.15, 0.2) is 0 Å². The van der Waals surface area contributed by atoms with E-state index < -0.39 is 0 Å². The molecule has 0 nitrogen and oxygen atoms in total. The summed E-state index contributed by atoms with van der Waals surface area (Å²) >= 11 is 1.93. The quantitative estimate of drug-likeness (QED) is 0.188. The Balaban J connectivity index is 1.27. The highest BCUT2D eigenvalue weighted by Gasteiger charge is 2.17. The molecule has 0 saturated heterocycles. The minimum absolute atomic E-state index is 1.28. The van der Waals surface area contributed by atoms with E-state index in [0.29, 0.717) is 0 Å². The number of fused-ring (bicyclic) bond motifs is 1. The van der Waals surface area contributed by atoms with Crippen LogP contribution in [0.3, 0.4) is 0 Å². The van der Waals surface area contributed by atoms with Crippen LogP contribution in [0, 0.1) is 6.92 Å². The molecule has 10 rings (SSSR count). The van der Waals surface area contributed by atoms with Crippen LogP contribution < -0.4 is 0 Å². The number of rotatable bonds is 2. The van der Waals surface area contributed by atoms with E-state index in [0.717, 1.165) is 0 Å². The lowest BCUT2D eigenvalue weighted by atomic mass is 9.87. The van der Waals surface area contributed by atoms with Crippen LogP contribution in [0.5, 0.6) is 0 Å². The molecular weight excluding hydrogens is 525 g/mol. The van der Waals surface area contributed by atoms with Crippen molar-refractivity contribution in [3.8, 4) is 22.3 Å². The second-order valence-electron chi connectivity index (χ2n) is 11.8. The summed E-state index contributed by atoms with van der Waals surface area (Å²) in [5, 5.41) is 16.0. The molecular formula is C41H24S. The van der Waals surface area contributed by atoms with E-state index in [1.807, 2.05) is 11.3 Å². The molecule has 10 aromatic rings. The van der Waals surface area contributed by atoms with Gasteiger partial charge in [-0.3, -0.25) is 0 Å². The Morgan fingerprint density at radius 2 is 1.02 bits per heavy atom. The first-order chi connectivity index (χ1) is 20.7. The zero-order valence-corrected chi connectivity index (χ0v) is 23.8. The van der Waals surface area contributed by atoms with Gasteiger partial charge in [-0.2, -0.15) is 0 Å². The van der Waals surface area contributed by atoms with Crippen molar-refractivity contribution >= 4 is 85.4 Å². The maximum Gasteiger partial charge on any atom is 0.0440 e. The predicted molar refractivity (Wildman–Crippen MR) is 185 cm³/mol. The fourth-order valence-corrected chi connectivity index (χ4v) is 8.83. The SMILES string of the molecule is Cc1cc(-c2ccc3ccc4cccc5ccc2c3c45)c2cc(-c3ccc4ccc5cccc6sc3c4c56)ccc2c1. The fraction of sp³-hybridized carbons (Fsp3) is 0.0244. The van der Waals surface area contributed by atoms with E-state index in [4.69, 9.17) is 0 Å². The summed E-state index contributed by atoms with van der Waals surface area (Å²) < 4.78 is 2.75. The molecule has 0 spiro atoms. The number of hydrogen-bond acceptors (Lipinski definition) is 1. The summed E-state index contributed by atoms with van der Waals surface area (Å²) in [6.45, 7) is 2.22. The Labute approximate surface area is 246 Å². The van der Waals surface area contributed by atoms with Crippen molar-refractivity contribution in [2.45, 2.75) is 6.92 Å². The van der Waals surface area contributed by atoms with Gasteiger partial charge in [0, 0.05) is 20.2 Å². The van der Waals surface area contributed by atoms with Gasteiger partial charge < -0.3 is 0 Å². The first-order valence-electron chi connectivity index (χ1n) is 14.6. The summed E-state index contributed by atoms with van der Waals surface area (Å²) in [6, 6.07) is 48.1. The maximum atomic E-state index is 2.43. The molecule has 0 unspecified atom stereocenters. The molecule has 42 heavy (non-hydrogen) atoms. The van der Waals surface area contributed by atoms with Gasteiger partial charge in [0.1, 0.15) is 0 Å².